The van der Waals surface area contributed by atoms with Crippen molar-refractivity contribution in [3.05, 3.63) is 89.2 Å². The Morgan fingerprint density at radius 1 is 1.10 bits per heavy atom. The van der Waals surface area contributed by atoms with Crippen molar-refractivity contribution in [3.8, 4) is 21.9 Å². The Labute approximate surface area is 177 Å². The number of anilines is 1. The predicted molar refractivity (Wildman–Crippen MR) is 115 cm³/mol. The zero-order chi connectivity index (χ0) is 20.3. The molecule has 1 aromatic carbocycles. The molecule has 0 atom stereocenters. The average Bonchev–Trinajstić information content (AvgIpc) is 3.24. The number of carbonyl (C=O) groups is 1. The summed E-state index contributed by atoms with van der Waals surface area (Å²) in [5, 5.41) is 2.88. The van der Waals surface area contributed by atoms with Crippen LogP contribution < -0.4 is 14.8 Å². The lowest BCUT2D eigenvalue weighted by Gasteiger charge is -2.16. The van der Waals surface area contributed by atoms with Crippen LogP contribution in [0.1, 0.15) is 20.8 Å². The first kappa shape index (κ1) is 18.3. The van der Waals surface area contributed by atoms with Crippen molar-refractivity contribution in [2.75, 3.05) is 5.32 Å². The number of hydrogen-bond donors (Lipinski definition) is 1. The van der Waals surface area contributed by atoms with Gasteiger partial charge in [-0.05, 0) is 48.0 Å². The molecule has 0 spiro atoms. The molecule has 1 N–H and O–H groups in total. The molecule has 4 aromatic rings. The number of rotatable bonds is 5. The van der Waals surface area contributed by atoms with Crippen LogP contribution in [0.15, 0.2) is 73.2 Å². The van der Waals surface area contributed by atoms with Crippen LogP contribution in [0.4, 0.5) is 5.82 Å². The molecule has 30 heavy (non-hydrogen) atoms. The Bertz CT molecular complexity index is 1210. The van der Waals surface area contributed by atoms with Gasteiger partial charge < -0.3 is 14.8 Å². The molecular weight excluding hydrogens is 398 g/mol. The molecule has 148 valence electrons. The number of carbonyl (C=O) groups excluding carboxylic acids is 1. The summed E-state index contributed by atoms with van der Waals surface area (Å²) in [5.74, 6) is 1.52. The van der Waals surface area contributed by atoms with E-state index in [1.165, 1.54) is 11.3 Å². The molecule has 1 amide bonds. The highest BCUT2D eigenvalue weighted by molar-refractivity contribution is 7.17. The van der Waals surface area contributed by atoms with Gasteiger partial charge in [-0.15, -0.1) is 11.3 Å². The highest BCUT2D eigenvalue weighted by Gasteiger charge is 2.23. The summed E-state index contributed by atoms with van der Waals surface area (Å²) in [6.45, 7) is 0.818. The van der Waals surface area contributed by atoms with Gasteiger partial charge in [0.15, 0.2) is 11.6 Å². The number of benzene rings is 1. The van der Waals surface area contributed by atoms with Crippen molar-refractivity contribution in [1.29, 1.82) is 0 Å². The van der Waals surface area contributed by atoms with E-state index in [0.29, 0.717) is 29.7 Å². The van der Waals surface area contributed by atoms with E-state index in [-0.39, 0.29) is 5.91 Å². The second kappa shape index (κ2) is 7.96. The van der Waals surface area contributed by atoms with E-state index in [2.05, 4.69) is 15.3 Å². The molecular formula is C23H17N3O3S. The summed E-state index contributed by atoms with van der Waals surface area (Å²) < 4.78 is 11.7. The lowest BCUT2D eigenvalue weighted by molar-refractivity contribution is 0.102. The van der Waals surface area contributed by atoms with Crippen molar-refractivity contribution in [1.82, 2.24) is 9.97 Å². The van der Waals surface area contributed by atoms with Crippen molar-refractivity contribution >= 4 is 23.1 Å². The SMILES string of the molecule is O=C(Nc1ncccc1OCc1ccncc1)c1cc2c(s1)-c1ccccc1OC2. The second-order valence-corrected chi connectivity index (χ2v) is 7.75. The van der Waals surface area contributed by atoms with E-state index >= 15 is 0 Å². The van der Waals surface area contributed by atoms with E-state index in [1.54, 1.807) is 30.7 Å². The molecule has 0 radical (unpaired) electrons. The van der Waals surface area contributed by atoms with E-state index in [0.717, 1.165) is 27.3 Å². The number of nitrogens with zero attached hydrogens (tertiary/aromatic N) is 2. The normalized spacial score (nSPS) is 11.7. The van der Waals surface area contributed by atoms with E-state index < -0.39 is 0 Å². The van der Waals surface area contributed by atoms with Crippen LogP contribution >= 0.6 is 11.3 Å². The smallest absolute Gasteiger partial charge is 0.267 e. The Balaban J connectivity index is 1.35. The molecule has 0 aliphatic carbocycles. The van der Waals surface area contributed by atoms with Crippen LogP contribution in [-0.2, 0) is 13.2 Å². The van der Waals surface area contributed by atoms with E-state index in [9.17, 15) is 4.79 Å². The molecule has 0 unspecified atom stereocenters. The standard InChI is InChI=1S/C23H17N3O3S/c27-23(20-12-16-14-29-18-5-2-1-4-17(18)21(16)30-20)26-22-19(6-3-9-25-22)28-13-15-7-10-24-11-8-15/h1-12H,13-14H2,(H,25,26,27). The van der Waals surface area contributed by atoms with Gasteiger partial charge in [-0.2, -0.15) is 0 Å². The summed E-state index contributed by atoms with van der Waals surface area (Å²) in [4.78, 5) is 22.9. The molecule has 5 rings (SSSR count). The number of thiophene rings is 1. The first-order valence-corrected chi connectivity index (χ1v) is 10.2. The number of amides is 1. The van der Waals surface area contributed by atoms with Gasteiger partial charge in [0, 0.05) is 34.6 Å². The van der Waals surface area contributed by atoms with Crippen LogP contribution in [-0.4, -0.2) is 15.9 Å². The van der Waals surface area contributed by atoms with Crippen LogP contribution in [0.5, 0.6) is 11.5 Å². The molecule has 0 saturated heterocycles. The largest absolute Gasteiger partial charge is 0.488 e. The lowest BCUT2D eigenvalue weighted by Crippen LogP contribution is -2.12. The van der Waals surface area contributed by atoms with Crippen molar-refractivity contribution in [2.45, 2.75) is 13.2 Å². The third-order valence-corrected chi connectivity index (χ3v) is 5.90. The second-order valence-electron chi connectivity index (χ2n) is 6.70. The number of pyridine rings is 2. The molecule has 0 bridgehead atoms. The monoisotopic (exact) mass is 415 g/mol. The van der Waals surface area contributed by atoms with Gasteiger partial charge in [0.2, 0.25) is 0 Å². The first-order valence-electron chi connectivity index (χ1n) is 9.41. The van der Waals surface area contributed by atoms with E-state index in [4.69, 9.17) is 9.47 Å². The number of fused-ring (bicyclic) bond motifs is 3. The zero-order valence-electron chi connectivity index (χ0n) is 15.9. The lowest BCUT2D eigenvalue weighted by atomic mass is 10.1. The summed E-state index contributed by atoms with van der Waals surface area (Å²) >= 11 is 1.45. The van der Waals surface area contributed by atoms with Crippen molar-refractivity contribution in [2.24, 2.45) is 0 Å². The number of ether oxygens (including phenoxy) is 2. The van der Waals surface area contributed by atoms with Gasteiger partial charge in [0.05, 0.1) is 4.88 Å². The molecule has 4 heterocycles. The third-order valence-electron chi connectivity index (χ3n) is 4.69. The summed E-state index contributed by atoms with van der Waals surface area (Å²) in [7, 11) is 0. The highest BCUT2D eigenvalue weighted by Crippen LogP contribution is 2.42. The van der Waals surface area contributed by atoms with Crippen LogP contribution in [0.3, 0.4) is 0 Å². The molecule has 1 aliphatic heterocycles. The summed E-state index contributed by atoms with van der Waals surface area (Å²) in [6.07, 6.45) is 5.05. The fourth-order valence-electron chi connectivity index (χ4n) is 3.22. The predicted octanol–water partition coefficient (Wildman–Crippen LogP) is 4.93. The topological polar surface area (TPSA) is 73.3 Å². The minimum absolute atomic E-state index is 0.223. The minimum atomic E-state index is -0.223. The fraction of sp³-hybridized carbons (Fsp3) is 0.0870. The van der Waals surface area contributed by atoms with E-state index in [1.807, 2.05) is 42.5 Å². The van der Waals surface area contributed by atoms with Crippen molar-refractivity contribution in [3.63, 3.8) is 0 Å². The molecule has 0 saturated carbocycles. The Morgan fingerprint density at radius 3 is 2.87 bits per heavy atom. The van der Waals surface area contributed by atoms with Gasteiger partial charge in [0.25, 0.3) is 5.91 Å². The summed E-state index contributed by atoms with van der Waals surface area (Å²) in [5.41, 5.74) is 3.01. The Kier molecular flexibility index (Phi) is 4.86. The number of hydrogen-bond acceptors (Lipinski definition) is 6. The first-order chi connectivity index (χ1) is 14.8. The molecule has 3 aromatic heterocycles. The van der Waals surface area contributed by atoms with Crippen LogP contribution in [0, 0.1) is 0 Å². The van der Waals surface area contributed by atoms with Gasteiger partial charge in [0.1, 0.15) is 19.0 Å². The van der Waals surface area contributed by atoms with Gasteiger partial charge >= 0.3 is 0 Å². The van der Waals surface area contributed by atoms with Gasteiger partial charge in [-0.3, -0.25) is 9.78 Å². The maximum atomic E-state index is 12.9. The Hall–Kier alpha value is -3.71. The molecule has 7 heteroatoms. The zero-order valence-corrected chi connectivity index (χ0v) is 16.7. The van der Waals surface area contributed by atoms with Crippen molar-refractivity contribution < 1.29 is 14.3 Å². The fourth-order valence-corrected chi connectivity index (χ4v) is 4.31. The minimum Gasteiger partial charge on any atom is -0.488 e. The van der Waals surface area contributed by atoms with Gasteiger partial charge in [-0.25, -0.2) is 4.98 Å². The van der Waals surface area contributed by atoms with Gasteiger partial charge in [-0.1, -0.05) is 12.1 Å². The number of para-hydroxylation sites is 1. The van der Waals surface area contributed by atoms with Crippen LogP contribution in [0.2, 0.25) is 0 Å². The molecule has 1 aliphatic rings. The molecule has 0 fully saturated rings. The quantitative estimate of drug-likeness (QED) is 0.500. The maximum absolute atomic E-state index is 12.9. The molecule has 6 nitrogen and oxygen atoms in total. The number of nitrogens with one attached hydrogen (secondary N) is 1. The number of aromatic nitrogens is 2. The third kappa shape index (κ3) is 3.62. The maximum Gasteiger partial charge on any atom is 0.267 e. The Morgan fingerprint density at radius 2 is 1.97 bits per heavy atom. The van der Waals surface area contributed by atoms with Crippen LogP contribution in [0.25, 0.3) is 10.4 Å². The average molecular weight is 415 g/mol. The summed E-state index contributed by atoms with van der Waals surface area (Å²) in [6, 6.07) is 17.1. The highest BCUT2D eigenvalue weighted by atomic mass is 32.1.